The Balaban J connectivity index is 0.000000201. The Hall–Kier alpha value is -3.24. The molecular weight excluding hydrogens is 474 g/mol. The van der Waals surface area contributed by atoms with Crippen LogP contribution in [-0.4, -0.2) is 82.9 Å². The lowest BCUT2D eigenvalue weighted by molar-refractivity contribution is -0.000347. The van der Waals surface area contributed by atoms with Crippen LogP contribution >= 0.6 is 0 Å². The van der Waals surface area contributed by atoms with E-state index in [9.17, 15) is 28.6 Å². The van der Waals surface area contributed by atoms with E-state index < -0.39 is 36.7 Å². The number of hydrogen-bond donors (Lipinski definition) is 2. The number of nitrogens with zero attached hydrogens (tertiary/aromatic N) is 2. The average Bonchev–Trinajstić information content (AvgIpc) is 2.90. The van der Waals surface area contributed by atoms with Gasteiger partial charge in [0.05, 0.1) is 13.1 Å². The van der Waals surface area contributed by atoms with Crippen LogP contribution in [0, 0.1) is 0 Å². The Morgan fingerprint density at radius 2 is 1.08 bits per heavy atom. The van der Waals surface area contributed by atoms with Crippen molar-refractivity contribution >= 4 is 12.2 Å². The van der Waals surface area contributed by atoms with Crippen LogP contribution < -0.4 is 0 Å². The maximum atomic E-state index is 13.0. The van der Waals surface area contributed by atoms with Crippen molar-refractivity contribution in [1.29, 1.82) is 0 Å². The van der Waals surface area contributed by atoms with Crippen molar-refractivity contribution in [2.45, 2.75) is 50.6 Å². The molecule has 0 saturated carbocycles. The highest BCUT2D eigenvalue weighted by Gasteiger charge is 2.31. The minimum absolute atomic E-state index is 0.00517. The monoisotopic (exact) mass is 506 g/mol. The topological polar surface area (TPSA) is 99.5 Å². The van der Waals surface area contributed by atoms with Gasteiger partial charge in [0.15, 0.2) is 0 Å². The molecule has 2 heterocycles. The lowest BCUT2D eigenvalue weighted by Gasteiger charge is -2.31. The number of carbonyl (C=O) groups is 2. The van der Waals surface area contributed by atoms with E-state index in [2.05, 4.69) is 0 Å². The zero-order chi connectivity index (χ0) is 25.9. The van der Waals surface area contributed by atoms with Crippen molar-refractivity contribution in [3.05, 3.63) is 71.8 Å². The molecule has 0 aliphatic carbocycles. The number of aliphatic hydroxyl groups is 2. The van der Waals surface area contributed by atoms with Crippen molar-refractivity contribution in [2.24, 2.45) is 0 Å². The zero-order valence-corrected chi connectivity index (χ0v) is 19.9. The minimum Gasteiger partial charge on any atom is -0.445 e. The van der Waals surface area contributed by atoms with E-state index in [1.165, 1.54) is 9.80 Å². The van der Waals surface area contributed by atoms with Gasteiger partial charge in [0.2, 0.25) is 0 Å². The number of carbonyl (C=O) groups excluding carboxylic acids is 2. The second-order valence-corrected chi connectivity index (χ2v) is 8.72. The number of ether oxygens (including phenoxy) is 2. The average molecular weight is 507 g/mol. The molecule has 4 rings (SSSR count). The number of aliphatic hydroxyl groups excluding tert-OH is 2. The summed E-state index contributed by atoms with van der Waals surface area (Å²) in [6, 6.07) is 18.6. The van der Waals surface area contributed by atoms with E-state index >= 15 is 0 Å². The van der Waals surface area contributed by atoms with Gasteiger partial charge in [-0.05, 0) is 24.0 Å². The van der Waals surface area contributed by atoms with Gasteiger partial charge in [0, 0.05) is 13.1 Å². The molecule has 0 unspecified atom stereocenters. The highest BCUT2D eigenvalue weighted by molar-refractivity contribution is 5.68. The molecule has 2 aliphatic heterocycles. The molecule has 10 heteroatoms. The number of piperidine rings is 2. The fraction of sp³-hybridized carbons (Fsp3) is 0.462. The molecule has 4 atom stereocenters. The van der Waals surface area contributed by atoms with Crippen LogP contribution in [0.2, 0.25) is 0 Å². The largest absolute Gasteiger partial charge is 0.445 e. The van der Waals surface area contributed by atoms with E-state index in [0.29, 0.717) is 0 Å². The van der Waals surface area contributed by atoms with Gasteiger partial charge in [0.1, 0.15) is 37.8 Å². The van der Waals surface area contributed by atoms with E-state index in [4.69, 9.17) is 9.47 Å². The summed E-state index contributed by atoms with van der Waals surface area (Å²) < 4.78 is 36.3. The Morgan fingerprint density at radius 3 is 1.42 bits per heavy atom. The number of β-amino-alcohol motifs (C(OH)–C–C–N with tert-alkyl or cyclic N) is 2. The van der Waals surface area contributed by atoms with Crippen molar-refractivity contribution in [3.63, 3.8) is 0 Å². The Labute approximate surface area is 209 Å². The number of rotatable bonds is 4. The Kier molecular flexibility index (Phi) is 10.4. The van der Waals surface area contributed by atoms with Crippen molar-refractivity contribution in [3.8, 4) is 0 Å². The van der Waals surface area contributed by atoms with Crippen molar-refractivity contribution < 1.29 is 38.1 Å². The van der Waals surface area contributed by atoms with Crippen LogP contribution in [0.3, 0.4) is 0 Å². The zero-order valence-electron chi connectivity index (χ0n) is 19.9. The van der Waals surface area contributed by atoms with Gasteiger partial charge >= 0.3 is 12.2 Å². The number of hydrogen-bond acceptors (Lipinski definition) is 6. The minimum atomic E-state index is -1.25. The molecule has 2 fully saturated rings. The summed E-state index contributed by atoms with van der Waals surface area (Å²) in [5.41, 5.74) is 1.79. The van der Waals surface area contributed by atoms with Gasteiger partial charge in [-0.25, -0.2) is 18.4 Å². The number of alkyl halides is 2. The third-order valence-electron chi connectivity index (χ3n) is 5.93. The Bertz CT molecular complexity index is 874. The fourth-order valence-electron chi connectivity index (χ4n) is 3.76. The summed E-state index contributed by atoms with van der Waals surface area (Å²) >= 11 is 0. The first kappa shape index (κ1) is 27.3. The van der Waals surface area contributed by atoms with Gasteiger partial charge in [-0.1, -0.05) is 60.7 Å². The predicted octanol–water partition coefficient (Wildman–Crippen LogP) is 3.46. The van der Waals surface area contributed by atoms with E-state index in [0.717, 1.165) is 11.1 Å². The standard InChI is InChI=1S/2C13H16FNO3/c2*14-11-6-7-15(8-12(11)16)13(17)18-9-10-4-2-1-3-5-10/h2*1-5,11-12,16H,6-9H2/t2*11-,12-/m10/s1. The highest BCUT2D eigenvalue weighted by Crippen LogP contribution is 2.16. The lowest BCUT2D eigenvalue weighted by Crippen LogP contribution is -2.47. The molecule has 0 spiro atoms. The van der Waals surface area contributed by atoms with Gasteiger partial charge < -0.3 is 29.5 Å². The second kappa shape index (κ2) is 13.7. The summed E-state index contributed by atoms with van der Waals surface area (Å²) in [5.74, 6) is 0. The number of halogens is 2. The van der Waals surface area contributed by atoms with Crippen LogP contribution in [0.4, 0.5) is 18.4 Å². The predicted molar refractivity (Wildman–Crippen MR) is 127 cm³/mol. The first-order chi connectivity index (χ1) is 17.3. The number of benzene rings is 2. The molecule has 2 aliphatic rings. The summed E-state index contributed by atoms with van der Waals surface area (Å²) in [6.45, 7) is 0.928. The lowest BCUT2D eigenvalue weighted by atomic mass is 10.1. The molecule has 2 aromatic carbocycles. The maximum absolute atomic E-state index is 13.0. The summed E-state index contributed by atoms with van der Waals surface area (Å²) in [7, 11) is 0. The third-order valence-corrected chi connectivity index (χ3v) is 5.93. The summed E-state index contributed by atoms with van der Waals surface area (Å²) in [4.78, 5) is 26.1. The van der Waals surface area contributed by atoms with Crippen LogP contribution in [0.25, 0.3) is 0 Å². The number of likely N-dealkylation sites (tertiary alicyclic amines) is 2. The first-order valence-corrected chi connectivity index (χ1v) is 11.9. The molecule has 0 radical (unpaired) electrons. The molecular formula is C26H32F2N2O6. The second-order valence-electron chi connectivity index (χ2n) is 8.72. The van der Waals surface area contributed by atoms with Crippen molar-refractivity contribution in [1.82, 2.24) is 9.80 Å². The third kappa shape index (κ3) is 8.46. The molecule has 2 saturated heterocycles. The van der Waals surface area contributed by atoms with Gasteiger partial charge in [-0.15, -0.1) is 0 Å². The molecule has 0 aromatic heterocycles. The molecule has 2 amide bonds. The first-order valence-electron chi connectivity index (χ1n) is 11.9. The van der Waals surface area contributed by atoms with E-state index in [1.54, 1.807) is 0 Å². The van der Waals surface area contributed by atoms with E-state index in [1.807, 2.05) is 60.7 Å². The molecule has 196 valence electrons. The van der Waals surface area contributed by atoms with Crippen LogP contribution in [-0.2, 0) is 22.7 Å². The highest BCUT2D eigenvalue weighted by atomic mass is 19.1. The maximum Gasteiger partial charge on any atom is 0.410 e. The quantitative estimate of drug-likeness (QED) is 0.659. The molecule has 36 heavy (non-hydrogen) atoms. The van der Waals surface area contributed by atoms with Crippen LogP contribution in [0.15, 0.2) is 60.7 Å². The molecule has 0 bridgehead atoms. The summed E-state index contributed by atoms with van der Waals surface area (Å²) in [5, 5.41) is 18.7. The van der Waals surface area contributed by atoms with Crippen LogP contribution in [0.1, 0.15) is 24.0 Å². The molecule has 2 aromatic rings. The summed E-state index contributed by atoms with van der Waals surface area (Å²) in [6.07, 6.45) is -5.42. The molecule has 2 N–H and O–H groups in total. The SMILES string of the molecule is O=C(OCc1ccccc1)N1CC[C@@H](F)[C@H](O)C1.O=C(OCc1ccccc1)N1CC[C@H](F)[C@@H](O)C1. The molecule has 8 nitrogen and oxygen atoms in total. The van der Waals surface area contributed by atoms with E-state index in [-0.39, 0.29) is 52.2 Å². The Morgan fingerprint density at radius 1 is 0.722 bits per heavy atom. The normalized spacial score (nSPS) is 23.8. The smallest absolute Gasteiger partial charge is 0.410 e. The van der Waals surface area contributed by atoms with Crippen molar-refractivity contribution in [2.75, 3.05) is 26.2 Å². The number of amides is 2. The fourth-order valence-corrected chi connectivity index (χ4v) is 3.76. The van der Waals surface area contributed by atoms with Crippen LogP contribution in [0.5, 0.6) is 0 Å². The van der Waals surface area contributed by atoms with Gasteiger partial charge in [-0.3, -0.25) is 0 Å². The van der Waals surface area contributed by atoms with Gasteiger partial charge in [-0.2, -0.15) is 0 Å². The van der Waals surface area contributed by atoms with Gasteiger partial charge in [0.25, 0.3) is 0 Å².